The maximum atomic E-state index is 12.0. The van der Waals surface area contributed by atoms with Crippen LogP contribution in [0.15, 0.2) is 46.6 Å². The number of nitrogens with zero attached hydrogens (tertiary/aromatic N) is 1. The van der Waals surface area contributed by atoms with Crippen LogP contribution < -0.4 is 5.32 Å². The molecule has 2 rings (SSSR count). The van der Waals surface area contributed by atoms with Crippen molar-refractivity contribution in [2.24, 2.45) is 0 Å². The molecular weight excluding hydrogens is 252 g/mol. The zero-order valence-electron chi connectivity index (χ0n) is 11.3. The smallest absolute Gasteiger partial charge is 0.266 e. The average molecular weight is 266 g/mol. The molecule has 0 saturated heterocycles. The number of carbonyl (C=O) groups is 1. The number of nitriles is 1. The largest absolute Gasteiger partial charge is 0.465 e. The Kier molecular flexibility index (Phi) is 4.02. The van der Waals surface area contributed by atoms with Crippen LogP contribution in [0.25, 0.3) is 6.08 Å². The van der Waals surface area contributed by atoms with E-state index < -0.39 is 5.91 Å². The van der Waals surface area contributed by atoms with E-state index in [0.717, 1.165) is 11.1 Å². The van der Waals surface area contributed by atoms with Crippen LogP contribution in [0.1, 0.15) is 16.9 Å². The number of hydrogen-bond acceptors (Lipinski definition) is 3. The Morgan fingerprint density at radius 2 is 2.00 bits per heavy atom. The fourth-order valence-electron chi connectivity index (χ4n) is 1.91. The van der Waals surface area contributed by atoms with Gasteiger partial charge < -0.3 is 9.73 Å². The number of amides is 1. The summed E-state index contributed by atoms with van der Waals surface area (Å²) in [5.41, 5.74) is 2.77. The number of anilines is 1. The van der Waals surface area contributed by atoms with E-state index in [2.05, 4.69) is 5.32 Å². The van der Waals surface area contributed by atoms with Gasteiger partial charge in [-0.3, -0.25) is 4.79 Å². The lowest BCUT2D eigenvalue weighted by Gasteiger charge is -2.06. The van der Waals surface area contributed by atoms with Crippen LogP contribution in [0.4, 0.5) is 5.69 Å². The van der Waals surface area contributed by atoms with Crippen LogP contribution in [0.3, 0.4) is 0 Å². The lowest BCUT2D eigenvalue weighted by molar-refractivity contribution is -0.112. The van der Waals surface area contributed by atoms with Crippen molar-refractivity contribution in [1.82, 2.24) is 0 Å². The van der Waals surface area contributed by atoms with E-state index in [1.807, 2.05) is 38.1 Å². The van der Waals surface area contributed by atoms with Gasteiger partial charge >= 0.3 is 0 Å². The summed E-state index contributed by atoms with van der Waals surface area (Å²) in [5.74, 6) is 0.0195. The minimum absolute atomic E-state index is 0.000825. The summed E-state index contributed by atoms with van der Waals surface area (Å²) in [6.45, 7) is 3.90. The van der Waals surface area contributed by atoms with Crippen LogP contribution >= 0.6 is 0 Å². The first-order valence-electron chi connectivity index (χ1n) is 6.13. The number of nitrogens with one attached hydrogen (secondary N) is 1. The molecule has 0 bridgehead atoms. The van der Waals surface area contributed by atoms with Crippen LogP contribution in [-0.4, -0.2) is 5.91 Å². The van der Waals surface area contributed by atoms with Gasteiger partial charge in [-0.25, -0.2) is 0 Å². The van der Waals surface area contributed by atoms with Crippen LogP contribution in [0.2, 0.25) is 0 Å². The highest BCUT2D eigenvalue weighted by atomic mass is 16.3. The number of rotatable bonds is 3. The minimum Gasteiger partial charge on any atom is -0.465 e. The Bertz CT molecular complexity index is 672. The predicted molar refractivity (Wildman–Crippen MR) is 76.8 cm³/mol. The second-order valence-electron chi connectivity index (χ2n) is 4.52. The second kappa shape index (κ2) is 5.89. The second-order valence-corrected chi connectivity index (χ2v) is 4.52. The van der Waals surface area contributed by atoms with Crippen LogP contribution in [-0.2, 0) is 4.79 Å². The van der Waals surface area contributed by atoms with E-state index >= 15 is 0 Å². The molecule has 1 aromatic carbocycles. The summed E-state index contributed by atoms with van der Waals surface area (Å²) >= 11 is 0. The molecule has 0 atom stereocenters. The van der Waals surface area contributed by atoms with E-state index in [9.17, 15) is 4.79 Å². The van der Waals surface area contributed by atoms with Crippen LogP contribution in [0.5, 0.6) is 0 Å². The molecule has 0 aliphatic rings. The Hall–Kier alpha value is -2.80. The fourth-order valence-corrected chi connectivity index (χ4v) is 1.91. The molecule has 1 N–H and O–H groups in total. The van der Waals surface area contributed by atoms with Gasteiger partial charge in [0.1, 0.15) is 17.4 Å². The molecule has 0 aliphatic heterocycles. The van der Waals surface area contributed by atoms with Gasteiger partial charge in [-0.15, -0.1) is 0 Å². The Balaban J connectivity index is 2.20. The summed E-state index contributed by atoms with van der Waals surface area (Å²) in [6, 6.07) is 11.0. The maximum Gasteiger partial charge on any atom is 0.266 e. The number of furan rings is 1. The number of benzene rings is 1. The third kappa shape index (κ3) is 3.36. The molecule has 0 aliphatic carbocycles. The molecule has 4 heteroatoms. The molecule has 100 valence electrons. The number of hydrogen-bond donors (Lipinski definition) is 1. The first kappa shape index (κ1) is 13.6. The number of carbonyl (C=O) groups excluding carboxylic acids is 1. The summed E-state index contributed by atoms with van der Waals surface area (Å²) in [5, 5.41) is 11.8. The highest BCUT2D eigenvalue weighted by Gasteiger charge is 2.10. The van der Waals surface area contributed by atoms with Gasteiger partial charge in [-0.05, 0) is 49.2 Å². The van der Waals surface area contributed by atoms with Crippen molar-refractivity contribution < 1.29 is 9.21 Å². The quantitative estimate of drug-likeness (QED) is 0.683. The summed E-state index contributed by atoms with van der Waals surface area (Å²) in [7, 11) is 0. The third-order valence-corrected chi connectivity index (χ3v) is 2.67. The highest BCUT2D eigenvalue weighted by Crippen LogP contribution is 2.15. The molecule has 20 heavy (non-hydrogen) atoms. The lowest BCUT2D eigenvalue weighted by atomic mass is 10.1. The topological polar surface area (TPSA) is 66.0 Å². The first-order valence-corrected chi connectivity index (χ1v) is 6.13. The van der Waals surface area contributed by atoms with Crippen molar-refractivity contribution in [3.05, 3.63) is 59.1 Å². The van der Waals surface area contributed by atoms with Gasteiger partial charge in [0.15, 0.2) is 0 Å². The first-order chi connectivity index (χ1) is 9.58. The fraction of sp³-hybridized carbons (Fsp3) is 0.125. The zero-order valence-corrected chi connectivity index (χ0v) is 11.3. The zero-order chi connectivity index (χ0) is 14.5. The molecule has 0 radical (unpaired) electrons. The minimum atomic E-state index is -0.450. The van der Waals surface area contributed by atoms with Gasteiger partial charge in [0.2, 0.25) is 0 Å². The van der Waals surface area contributed by atoms with Gasteiger partial charge in [0.05, 0.1) is 6.26 Å². The molecule has 0 fully saturated rings. The van der Waals surface area contributed by atoms with E-state index in [1.165, 1.54) is 12.3 Å². The van der Waals surface area contributed by atoms with E-state index in [1.54, 1.807) is 12.1 Å². The van der Waals surface area contributed by atoms with E-state index in [-0.39, 0.29) is 5.57 Å². The molecule has 0 unspecified atom stereocenters. The Labute approximate surface area is 117 Å². The summed E-state index contributed by atoms with van der Waals surface area (Å²) in [6.07, 6.45) is 2.90. The number of aryl methyl sites for hydroxylation is 2. The molecule has 0 spiro atoms. The van der Waals surface area contributed by atoms with Gasteiger partial charge in [-0.2, -0.15) is 5.26 Å². The predicted octanol–water partition coefficient (Wildman–Crippen LogP) is 3.44. The highest BCUT2D eigenvalue weighted by molar-refractivity contribution is 6.09. The Morgan fingerprint density at radius 1 is 1.30 bits per heavy atom. The molecule has 0 saturated carbocycles. The van der Waals surface area contributed by atoms with Crippen molar-refractivity contribution in [3.63, 3.8) is 0 Å². The molecule has 2 aromatic rings. The van der Waals surface area contributed by atoms with Crippen molar-refractivity contribution >= 4 is 17.7 Å². The summed E-state index contributed by atoms with van der Waals surface area (Å²) < 4.78 is 5.10. The maximum absolute atomic E-state index is 12.0. The lowest BCUT2D eigenvalue weighted by Crippen LogP contribution is -2.13. The van der Waals surface area contributed by atoms with Crippen molar-refractivity contribution in [2.75, 3.05) is 5.32 Å². The average Bonchev–Trinajstić information content (AvgIpc) is 2.87. The molecular formula is C16H14N2O2. The molecule has 4 nitrogen and oxygen atoms in total. The van der Waals surface area contributed by atoms with Gasteiger partial charge in [0.25, 0.3) is 5.91 Å². The molecule has 1 amide bonds. The third-order valence-electron chi connectivity index (χ3n) is 2.67. The van der Waals surface area contributed by atoms with E-state index in [4.69, 9.17) is 9.68 Å². The van der Waals surface area contributed by atoms with Crippen molar-refractivity contribution in [2.45, 2.75) is 13.8 Å². The standard InChI is InChI=1S/C16H14N2O2/c1-11-6-12(2)8-14(7-11)18-16(19)13(10-17)9-15-4-3-5-20-15/h3-9H,1-2H3,(H,18,19)/b13-9+. The van der Waals surface area contributed by atoms with Gasteiger partial charge in [0, 0.05) is 11.8 Å². The SMILES string of the molecule is Cc1cc(C)cc(NC(=O)/C(C#N)=C/c2ccco2)c1. The normalized spacial score (nSPS) is 10.9. The summed E-state index contributed by atoms with van der Waals surface area (Å²) in [4.78, 5) is 12.0. The van der Waals surface area contributed by atoms with Gasteiger partial charge in [-0.1, -0.05) is 6.07 Å². The van der Waals surface area contributed by atoms with Crippen molar-refractivity contribution in [1.29, 1.82) is 5.26 Å². The Morgan fingerprint density at radius 3 is 2.55 bits per heavy atom. The van der Waals surface area contributed by atoms with Crippen molar-refractivity contribution in [3.8, 4) is 6.07 Å². The van der Waals surface area contributed by atoms with E-state index in [0.29, 0.717) is 11.4 Å². The van der Waals surface area contributed by atoms with Crippen LogP contribution in [0, 0.1) is 25.2 Å². The molecule has 1 aromatic heterocycles. The molecule has 1 heterocycles. The monoisotopic (exact) mass is 266 g/mol.